The number of halogens is 1. The van der Waals surface area contributed by atoms with E-state index in [4.69, 9.17) is 16.3 Å². The van der Waals surface area contributed by atoms with Crippen LogP contribution in [0.3, 0.4) is 0 Å². The van der Waals surface area contributed by atoms with Crippen LogP contribution < -0.4 is 10.1 Å². The number of ether oxygens (including phenoxy) is 1. The Morgan fingerprint density at radius 2 is 2.06 bits per heavy atom. The van der Waals surface area contributed by atoms with Gasteiger partial charge in [0.25, 0.3) is 0 Å². The normalized spacial score (nSPS) is 10.2. The molecule has 0 bridgehead atoms. The van der Waals surface area contributed by atoms with E-state index in [1.165, 1.54) is 6.20 Å². The predicted molar refractivity (Wildman–Crippen MR) is 69.2 cm³/mol. The van der Waals surface area contributed by atoms with Crippen LogP contribution in [0.1, 0.15) is 5.56 Å². The maximum Gasteiger partial charge on any atom is 0.224 e. The molecule has 6 heteroatoms. The molecule has 0 aliphatic heterocycles. The average molecular weight is 266 g/mol. The van der Waals surface area contributed by atoms with Crippen molar-refractivity contribution in [2.24, 2.45) is 0 Å². The highest BCUT2D eigenvalue weighted by Gasteiger charge is 2.06. The fraction of sp³-hybridized carbons (Fsp3) is 0.167. The Morgan fingerprint density at radius 1 is 1.33 bits per heavy atom. The topological polar surface area (TPSA) is 67.3 Å². The van der Waals surface area contributed by atoms with Gasteiger partial charge in [0.15, 0.2) is 0 Å². The maximum atomic E-state index is 9.19. The molecule has 2 N–H and O–H groups in total. The van der Waals surface area contributed by atoms with E-state index in [2.05, 4.69) is 15.3 Å². The van der Waals surface area contributed by atoms with Crippen molar-refractivity contribution in [2.45, 2.75) is 6.61 Å². The van der Waals surface area contributed by atoms with Gasteiger partial charge in [-0.05, 0) is 35.9 Å². The fourth-order valence-corrected chi connectivity index (χ4v) is 1.55. The SMILES string of the molecule is COc1ccc(Nc2nc(Cl)ncc2CO)cc1. The summed E-state index contributed by atoms with van der Waals surface area (Å²) in [5.74, 6) is 1.26. The number of methoxy groups -OCH3 is 1. The summed E-state index contributed by atoms with van der Waals surface area (Å²) in [4.78, 5) is 7.85. The molecule has 1 aromatic heterocycles. The second-order valence-electron chi connectivity index (χ2n) is 3.52. The molecule has 5 nitrogen and oxygen atoms in total. The van der Waals surface area contributed by atoms with Crippen molar-refractivity contribution in [3.63, 3.8) is 0 Å². The molecule has 0 aliphatic carbocycles. The van der Waals surface area contributed by atoms with Crippen molar-refractivity contribution in [3.05, 3.63) is 41.3 Å². The van der Waals surface area contributed by atoms with Gasteiger partial charge in [-0.15, -0.1) is 0 Å². The van der Waals surface area contributed by atoms with Crippen LogP contribution in [-0.4, -0.2) is 22.2 Å². The molecule has 1 heterocycles. The first-order valence-electron chi connectivity index (χ1n) is 5.26. The zero-order valence-electron chi connectivity index (χ0n) is 9.72. The molecule has 0 fully saturated rings. The Bertz CT molecular complexity index is 531. The van der Waals surface area contributed by atoms with Crippen LogP contribution in [-0.2, 0) is 6.61 Å². The summed E-state index contributed by atoms with van der Waals surface area (Å²) in [6.45, 7) is -0.157. The second-order valence-corrected chi connectivity index (χ2v) is 3.86. The van der Waals surface area contributed by atoms with Gasteiger partial charge in [-0.1, -0.05) is 0 Å². The Balaban J connectivity index is 2.24. The third-order valence-electron chi connectivity index (χ3n) is 2.36. The first kappa shape index (κ1) is 12.6. The number of rotatable bonds is 4. The van der Waals surface area contributed by atoms with Gasteiger partial charge in [0.1, 0.15) is 11.6 Å². The molecule has 1 aromatic carbocycles. The third kappa shape index (κ3) is 2.88. The molecule has 18 heavy (non-hydrogen) atoms. The molecule has 0 spiro atoms. The maximum absolute atomic E-state index is 9.19. The van der Waals surface area contributed by atoms with Gasteiger partial charge >= 0.3 is 0 Å². The molecule has 94 valence electrons. The van der Waals surface area contributed by atoms with Crippen molar-refractivity contribution in [3.8, 4) is 5.75 Å². The van der Waals surface area contributed by atoms with Crippen LogP contribution >= 0.6 is 11.6 Å². The largest absolute Gasteiger partial charge is 0.497 e. The highest BCUT2D eigenvalue weighted by Crippen LogP contribution is 2.21. The number of nitrogens with zero attached hydrogens (tertiary/aromatic N) is 2. The molecular weight excluding hydrogens is 254 g/mol. The Morgan fingerprint density at radius 3 is 2.67 bits per heavy atom. The lowest BCUT2D eigenvalue weighted by Crippen LogP contribution is -2.01. The molecule has 0 unspecified atom stereocenters. The summed E-state index contributed by atoms with van der Waals surface area (Å²) in [7, 11) is 1.61. The van der Waals surface area contributed by atoms with E-state index in [0.717, 1.165) is 11.4 Å². The second kappa shape index (κ2) is 5.66. The van der Waals surface area contributed by atoms with Crippen molar-refractivity contribution in [1.82, 2.24) is 9.97 Å². The lowest BCUT2D eigenvalue weighted by Gasteiger charge is -2.09. The minimum atomic E-state index is -0.157. The molecular formula is C12H12ClN3O2. The Hall–Kier alpha value is -1.85. The van der Waals surface area contributed by atoms with Gasteiger partial charge in [0, 0.05) is 17.4 Å². The van der Waals surface area contributed by atoms with E-state index in [1.54, 1.807) is 7.11 Å². The quantitative estimate of drug-likeness (QED) is 0.831. The summed E-state index contributed by atoms with van der Waals surface area (Å²) in [5.41, 5.74) is 1.40. The average Bonchev–Trinajstić information content (AvgIpc) is 2.40. The first-order chi connectivity index (χ1) is 8.72. The van der Waals surface area contributed by atoms with Crippen LogP contribution in [0.15, 0.2) is 30.5 Å². The molecule has 2 aromatic rings. The Labute approximate surface area is 109 Å². The Kier molecular flexibility index (Phi) is 3.96. The number of aliphatic hydroxyl groups is 1. The number of hydrogen-bond donors (Lipinski definition) is 2. The van der Waals surface area contributed by atoms with Gasteiger partial charge in [-0.3, -0.25) is 0 Å². The molecule has 0 saturated heterocycles. The molecule has 0 amide bonds. The summed E-state index contributed by atoms with van der Waals surface area (Å²) < 4.78 is 5.07. The summed E-state index contributed by atoms with van der Waals surface area (Å²) >= 11 is 5.72. The van der Waals surface area contributed by atoms with E-state index < -0.39 is 0 Å². The molecule has 0 saturated carbocycles. The summed E-state index contributed by atoms with van der Waals surface area (Å²) in [5, 5.41) is 12.4. The summed E-state index contributed by atoms with van der Waals surface area (Å²) in [6.07, 6.45) is 1.49. The van der Waals surface area contributed by atoms with Crippen molar-refractivity contribution in [2.75, 3.05) is 12.4 Å². The number of anilines is 2. The predicted octanol–water partition coefficient (Wildman–Crippen LogP) is 2.37. The molecule has 0 aliphatic rings. The third-order valence-corrected chi connectivity index (χ3v) is 2.54. The van der Waals surface area contributed by atoms with Crippen LogP contribution in [0, 0.1) is 0 Å². The van der Waals surface area contributed by atoms with E-state index in [9.17, 15) is 5.11 Å². The van der Waals surface area contributed by atoms with Crippen LogP contribution in [0.2, 0.25) is 5.28 Å². The molecule has 0 radical (unpaired) electrons. The van der Waals surface area contributed by atoms with Crippen LogP contribution in [0.5, 0.6) is 5.75 Å². The van der Waals surface area contributed by atoms with Crippen molar-refractivity contribution < 1.29 is 9.84 Å². The van der Waals surface area contributed by atoms with E-state index in [-0.39, 0.29) is 11.9 Å². The number of benzene rings is 1. The number of hydrogen-bond acceptors (Lipinski definition) is 5. The van der Waals surface area contributed by atoms with Crippen molar-refractivity contribution in [1.29, 1.82) is 0 Å². The monoisotopic (exact) mass is 265 g/mol. The zero-order valence-corrected chi connectivity index (χ0v) is 10.5. The van der Waals surface area contributed by atoms with E-state index >= 15 is 0 Å². The standard InChI is InChI=1S/C12H12ClN3O2/c1-18-10-4-2-9(3-5-10)15-11-8(7-17)6-14-12(13)16-11/h2-6,17H,7H2,1H3,(H,14,15,16). The minimum absolute atomic E-state index is 0.128. The van der Waals surface area contributed by atoms with Gasteiger partial charge in [0.05, 0.1) is 13.7 Å². The van der Waals surface area contributed by atoms with Gasteiger partial charge in [-0.2, -0.15) is 0 Å². The first-order valence-corrected chi connectivity index (χ1v) is 5.64. The van der Waals surface area contributed by atoms with Crippen LogP contribution in [0.4, 0.5) is 11.5 Å². The fourth-order valence-electron chi connectivity index (χ4n) is 1.42. The summed E-state index contributed by atoms with van der Waals surface area (Å²) in [6, 6.07) is 7.33. The molecule has 2 rings (SSSR count). The van der Waals surface area contributed by atoms with E-state index in [0.29, 0.717) is 11.4 Å². The smallest absolute Gasteiger partial charge is 0.224 e. The van der Waals surface area contributed by atoms with Gasteiger partial charge < -0.3 is 15.2 Å². The highest BCUT2D eigenvalue weighted by molar-refractivity contribution is 6.28. The molecule has 0 atom stereocenters. The van der Waals surface area contributed by atoms with E-state index in [1.807, 2.05) is 24.3 Å². The highest BCUT2D eigenvalue weighted by atomic mass is 35.5. The minimum Gasteiger partial charge on any atom is -0.497 e. The van der Waals surface area contributed by atoms with Gasteiger partial charge in [0.2, 0.25) is 5.28 Å². The lowest BCUT2D eigenvalue weighted by atomic mass is 10.2. The van der Waals surface area contributed by atoms with Crippen LogP contribution in [0.25, 0.3) is 0 Å². The van der Waals surface area contributed by atoms with Crippen molar-refractivity contribution >= 4 is 23.1 Å². The lowest BCUT2D eigenvalue weighted by molar-refractivity contribution is 0.281. The zero-order chi connectivity index (χ0) is 13.0. The number of nitrogens with one attached hydrogen (secondary N) is 1. The number of aromatic nitrogens is 2. The van der Waals surface area contributed by atoms with Gasteiger partial charge in [-0.25, -0.2) is 9.97 Å². The number of aliphatic hydroxyl groups excluding tert-OH is 1.